The number of aromatic nitrogens is 2. The Morgan fingerprint density at radius 3 is 2.64 bits per heavy atom. The molecule has 0 aromatic carbocycles. The molecule has 122 valence electrons. The molecule has 2 N–H and O–H groups in total. The van der Waals surface area contributed by atoms with E-state index in [9.17, 15) is 14.9 Å². The van der Waals surface area contributed by atoms with Gasteiger partial charge < -0.3 is 20.5 Å². The Bertz CT molecular complexity index is 538. The second-order valence-electron chi connectivity index (χ2n) is 5.14. The van der Waals surface area contributed by atoms with Gasteiger partial charge >= 0.3 is 5.82 Å². The maximum Gasteiger partial charge on any atom is 0.402 e. The molecule has 1 aliphatic heterocycles. The number of β-amino-alcohol motifs (C(OH)–C–C–N with tert-alkyl or cyclic N) is 1. The summed E-state index contributed by atoms with van der Waals surface area (Å²) < 4.78 is 1.25. The first-order valence-corrected chi connectivity index (χ1v) is 7.03. The number of nitro groups is 1. The smallest absolute Gasteiger partial charge is 0.395 e. The van der Waals surface area contributed by atoms with E-state index >= 15 is 0 Å². The van der Waals surface area contributed by atoms with E-state index in [2.05, 4.69) is 15.3 Å². The fourth-order valence-electron chi connectivity index (χ4n) is 2.36. The van der Waals surface area contributed by atoms with Crippen LogP contribution < -0.4 is 5.32 Å². The Balaban J connectivity index is 1.85. The zero-order chi connectivity index (χ0) is 16.1. The lowest BCUT2D eigenvalue weighted by molar-refractivity contribution is -0.390. The van der Waals surface area contributed by atoms with Gasteiger partial charge in [0.1, 0.15) is 0 Å². The number of aryl methyl sites for hydroxylation is 1. The van der Waals surface area contributed by atoms with E-state index in [-0.39, 0.29) is 12.2 Å². The zero-order valence-electron chi connectivity index (χ0n) is 12.4. The molecule has 10 heteroatoms. The molecule has 1 aromatic rings. The number of aliphatic hydroxyl groups is 1. The van der Waals surface area contributed by atoms with Crippen molar-refractivity contribution in [3.63, 3.8) is 0 Å². The molecule has 1 aromatic heterocycles. The van der Waals surface area contributed by atoms with E-state index in [0.717, 1.165) is 26.2 Å². The Labute approximate surface area is 127 Å². The summed E-state index contributed by atoms with van der Waals surface area (Å²) in [6.45, 7) is 4.32. The van der Waals surface area contributed by atoms with E-state index in [1.165, 1.54) is 17.9 Å². The normalized spacial score (nSPS) is 16.6. The molecule has 1 saturated heterocycles. The predicted molar refractivity (Wildman–Crippen MR) is 77.3 cm³/mol. The third kappa shape index (κ3) is 4.00. The lowest BCUT2D eigenvalue weighted by Crippen LogP contribution is -2.50. The largest absolute Gasteiger partial charge is 0.402 e. The molecule has 0 atom stereocenters. The molecule has 0 aliphatic carbocycles. The van der Waals surface area contributed by atoms with Crippen molar-refractivity contribution in [2.24, 2.45) is 7.05 Å². The van der Waals surface area contributed by atoms with E-state index in [1.54, 1.807) is 0 Å². The minimum Gasteiger partial charge on any atom is -0.395 e. The van der Waals surface area contributed by atoms with Crippen molar-refractivity contribution >= 4 is 11.7 Å². The first-order chi connectivity index (χ1) is 10.5. The van der Waals surface area contributed by atoms with Gasteiger partial charge in [-0.1, -0.05) is 0 Å². The first-order valence-electron chi connectivity index (χ1n) is 7.03. The van der Waals surface area contributed by atoms with E-state index in [4.69, 9.17) is 5.11 Å². The number of nitrogens with zero attached hydrogens (tertiary/aromatic N) is 5. The number of nitrogens with one attached hydrogen (secondary N) is 1. The fraction of sp³-hybridized carbons (Fsp3) is 0.667. The lowest BCUT2D eigenvalue weighted by Gasteiger charge is -2.34. The molecule has 2 rings (SSSR count). The van der Waals surface area contributed by atoms with Crippen molar-refractivity contribution in [1.82, 2.24) is 24.9 Å². The van der Waals surface area contributed by atoms with Crippen LogP contribution in [0.3, 0.4) is 0 Å². The van der Waals surface area contributed by atoms with Crippen molar-refractivity contribution < 1.29 is 14.8 Å². The number of rotatable bonds is 6. The zero-order valence-corrected chi connectivity index (χ0v) is 12.4. The summed E-state index contributed by atoms with van der Waals surface area (Å²) >= 11 is 0. The van der Waals surface area contributed by atoms with Crippen LogP contribution in [-0.4, -0.2) is 81.5 Å². The van der Waals surface area contributed by atoms with Crippen LogP contribution in [0.1, 0.15) is 10.4 Å². The molecule has 22 heavy (non-hydrogen) atoms. The second-order valence-corrected chi connectivity index (χ2v) is 5.14. The molecule has 1 aliphatic rings. The van der Waals surface area contributed by atoms with E-state index in [0.29, 0.717) is 13.2 Å². The van der Waals surface area contributed by atoms with Crippen LogP contribution in [0.25, 0.3) is 0 Å². The van der Waals surface area contributed by atoms with Crippen LogP contribution in [0.15, 0.2) is 6.20 Å². The average molecular weight is 312 g/mol. The summed E-state index contributed by atoms with van der Waals surface area (Å²) in [4.78, 5) is 26.4. The first kappa shape index (κ1) is 16.3. The molecule has 0 spiro atoms. The highest BCUT2D eigenvalue weighted by atomic mass is 16.6. The highest BCUT2D eigenvalue weighted by molar-refractivity contribution is 5.97. The topological polar surface area (TPSA) is 117 Å². The minimum absolute atomic E-state index is 0.0357. The molecule has 0 radical (unpaired) electrons. The Morgan fingerprint density at radius 2 is 2.05 bits per heavy atom. The van der Waals surface area contributed by atoms with Gasteiger partial charge in [-0.25, -0.2) is 0 Å². The van der Waals surface area contributed by atoms with Crippen LogP contribution >= 0.6 is 0 Å². The number of carbonyl (C=O) groups excluding carboxylic acids is 1. The predicted octanol–water partition coefficient (Wildman–Crippen LogP) is -1.37. The Hall–Kier alpha value is -2.04. The fourth-order valence-corrected chi connectivity index (χ4v) is 2.36. The average Bonchev–Trinajstić information content (AvgIpc) is 2.89. The van der Waals surface area contributed by atoms with Gasteiger partial charge in [0.2, 0.25) is 0 Å². The standard InChI is InChI=1S/C12H20N6O4/c1-15-8-10(11(14-15)18(21)22)12(20)13-9-17-4-2-16(3-5-17)6-7-19/h8,19H,2-7,9H2,1H3,(H,13,20). The SMILES string of the molecule is Cn1cc(C(=O)NCN2CCN(CCO)CC2)c([N+](=O)[O-])n1. The molecule has 0 unspecified atom stereocenters. The van der Waals surface area contributed by atoms with E-state index in [1.807, 2.05) is 4.90 Å². The number of amides is 1. The van der Waals surface area contributed by atoms with Crippen LogP contribution in [0.2, 0.25) is 0 Å². The number of aliphatic hydroxyl groups excluding tert-OH is 1. The maximum atomic E-state index is 12.1. The van der Waals surface area contributed by atoms with Crippen molar-refractivity contribution in [3.8, 4) is 0 Å². The number of piperazine rings is 1. The molecule has 0 bridgehead atoms. The van der Waals surface area contributed by atoms with Crippen molar-refractivity contribution in [1.29, 1.82) is 0 Å². The third-order valence-electron chi connectivity index (χ3n) is 3.57. The Kier molecular flexibility index (Phi) is 5.41. The van der Waals surface area contributed by atoms with E-state index < -0.39 is 16.6 Å². The summed E-state index contributed by atoms with van der Waals surface area (Å²) in [7, 11) is 1.53. The third-order valence-corrected chi connectivity index (χ3v) is 3.57. The number of carbonyl (C=O) groups is 1. The van der Waals surface area contributed by atoms with Gasteiger partial charge in [0, 0.05) is 32.7 Å². The summed E-state index contributed by atoms with van der Waals surface area (Å²) in [5.41, 5.74) is -0.0357. The Morgan fingerprint density at radius 1 is 1.41 bits per heavy atom. The van der Waals surface area contributed by atoms with Gasteiger partial charge in [-0.2, -0.15) is 4.68 Å². The van der Waals surface area contributed by atoms with Crippen LogP contribution in [-0.2, 0) is 7.05 Å². The van der Waals surface area contributed by atoms with Gasteiger partial charge in [-0.05, 0) is 4.92 Å². The summed E-state index contributed by atoms with van der Waals surface area (Å²) in [6, 6.07) is 0. The quantitative estimate of drug-likeness (QED) is 0.491. The summed E-state index contributed by atoms with van der Waals surface area (Å²) in [6.07, 6.45) is 1.34. The second kappa shape index (κ2) is 7.29. The number of hydrogen-bond donors (Lipinski definition) is 2. The molecule has 2 heterocycles. The van der Waals surface area contributed by atoms with Gasteiger partial charge in [-0.15, -0.1) is 0 Å². The highest BCUT2D eigenvalue weighted by Crippen LogP contribution is 2.14. The van der Waals surface area contributed by atoms with Crippen LogP contribution in [0.4, 0.5) is 5.82 Å². The summed E-state index contributed by atoms with van der Waals surface area (Å²) in [5, 5.41) is 26.1. The van der Waals surface area contributed by atoms with Crippen molar-refractivity contribution in [3.05, 3.63) is 21.9 Å². The molecule has 1 fully saturated rings. The monoisotopic (exact) mass is 312 g/mol. The highest BCUT2D eigenvalue weighted by Gasteiger charge is 2.26. The molecule has 0 saturated carbocycles. The summed E-state index contributed by atoms with van der Waals surface area (Å²) in [5.74, 6) is -0.939. The molecular weight excluding hydrogens is 292 g/mol. The maximum absolute atomic E-state index is 12.1. The van der Waals surface area contributed by atoms with Gasteiger partial charge in [0.15, 0.2) is 5.56 Å². The van der Waals surface area contributed by atoms with Crippen molar-refractivity contribution in [2.75, 3.05) is 46.0 Å². The van der Waals surface area contributed by atoms with Crippen molar-refractivity contribution in [2.45, 2.75) is 0 Å². The van der Waals surface area contributed by atoms with Crippen LogP contribution in [0, 0.1) is 10.1 Å². The molecular formula is C12H20N6O4. The molecule has 1 amide bonds. The minimum atomic E-state index is -0.664. The molecule has 10 nitrogen and oxygen atoms in total. The lowest BCUT2D eigenvalue weighted by atomic mass is 10.3. The van der Waals surface area contributed by atoms with Crippen LogP contribution in [0.5, 0.6) is 0 Å². The van der Waals surface area contributed by atoms with Gasteiger partial charge in [-0.3, -0.25) is 14.6 Å². The van der Waals surface area contributed by atoms with Gasteiger partial charge in [0.25, 0.3) is 5.91 Å². The van der Waals surface area contributed by atoms with Gasteiger partial charge in [0.05, 0.1) is 31.6 Å². The number of hydrogen-bond acceptors (Lipinski definition) is 7.